The van der Waals surface area contributed by atoms with Crippen molar-refractivity contribution < 1.29 is 14.7 Å². The monoisotopic (exact) mass is 506 g/mol. The number of carbonyl (C=O) groups is 2. The number of pyridine rings is 1. The molecule has 1 N–H and O–H groups in total. The lowest BCUT2D eigenvalue weighted by Crippen LogP contribution is -2.39. The highest BCUT2D eigenvalue weighted by Gasteiger charge is 2.25. The zero-order valence-corrected chi connectivity index (χ0v) is 22.3. The van der Waals surface area contributed by atoms with Gasteiger partial charge >= 0.3 is 0 Å². The SMILES string of the molecule is CC(=O)N1CCCCCCCN(Cc2cccnc2)Cc2cc(C(=O)N3CCC(CCO)CC3)ccc21. The minimum Gasteiger partial charge on any atom is -0.396 e. The molecular weight excluding hydrogens is 464 g/mol. The minimum atomic E-state index is 0.0437. The van der Waals surface area contributed by atoms with Gasteiger partial charge in [-0.2, -0.15) is 0 Å². The van der Waals surface area contributed by atoms with Crippen molar-refractivity contribution in [2.75, 3.05) is 37.7 Å². The van der Waals surface area contributed by atoms with Crippen LogP contribution in [0, 0.1) is 5.92 Å². The van der Waals surface area contributed by atoms with Crippen molar-refractivity contribution in [2.45, 2.75) is 71.4 Å². The number of aliphatic hydroxyl groups excluding tert-OH is 1. The maximum Gasteiger partial charge on any atom is 0.253 e. The van der Waals surface area contributed by atoms with Crippen LogP contribution in [-0.4, -0.2) is 64.5 Å². The van der Waals surface area contributed by atoms with Crippen molar-refractivity contribution in [2.24, 2.45) is 5.92 Å². The molecular formula is C30H42N4O3. The number of benzene rings is 1. The number of aromatic nitrogens is 1. The maximum atomic E-state index is 13.5. The van der Waals surface area contributed by atoms with Crippen molar-refractivity contribution >= 4 is 17.5 Å². The smallest absolute Gasteiger partial charge is 0.253 e. The first-order chi connectivity index (χ1) is 18.0. The summed E-state index contributed by atoms with van der Waals surface area (Å²) in [6.07, 6.45) is 12.0. The third kappa shape index (κ3) is 7.62. The van der Waals surface area contributed by atoms with Crippen molar-refractivity contribution in [3.05, 3.63) is 59.4 Å². The van der Waals surface area contributed by atoms with E-state index in [1.54, 1.807) is 13.1 Å². The number of amides is 2. The normalized spacial score (nSPS) is 18.5. The second kappa shape index (κ2) is 13.7. The molecule has 0 unspecified atom stereocenters. The maximum absolute atomic E-state index is 13.5. The Hall–Kier alpha value is -2.77. The van der Waals surface area contributed by atoms with Crippen LogP contribution in [0.2, 0.25) is 0 Å². The summed E-state index contributed by atoms with van der Waals surface area (Å²) in [5, 5.41) is 9.26. The number of likely N-dealkylation sites (tertiary alicyclic amines) is 1. The first-order valence-corrected chi connectivity index (χ1v) is 14.0. The Labute approximate surface area is 221 Å². The van der Waals surface area contributed by atoms with Gasteiger partial charge in [0.2, 0.25) is 5.91 Å². The molecule has 0 radical (unpaired) electrons. The second-order valence-electron chi connectivity index (χ2n) is 10.6. The Bertz CT molecular complexity index is 1020. The number of carbonyl (C=O) groups excluding carboxylic acids is 2. The number of anilines is 1. The minimum absolute atomic E-state index is 0.0437. The average Bonchev–Trinajstić information content (AvgIpc) is 2.90. The molecule has 0 saturated carbocycles. The van der Waals surface area contributed by atoms with Crippen LogP contribution >= 0.6 is 0 Å². The molecule has 1 fully saturated rings. The van der Waals surface area contributed by atoms with Gasteiger partial charge in [0, 0.05) is 69.9 Å². The van der Waals surface area contributed by atoms with E-state index in [1.807, 2.05) is 40.3 Å². The van der Waals surface area contributed by atoms with Crippen LogP contribution in [0.4, 0.5) is 5.69 Å². The van der Waals surface area contributed by atoms with E-state index in [0.29, 0.717) is 24.6 Å². The highest BCUT2D eigenvalue weighted by molar-refractivity contribution is 5.97. The quantitative estimate of drug-likeness (QED) is 0.640. The van der Waals surface area contributed by atoms with E-state index in [2.05, 4.69) is 16.0 Å². The predicted octanol–water partition coefficient (Wildman–Crippen LogP) is 4.64. The Balaban J connectivity index is 1.61. The first-order valence-electron chi connectivity index (χ1n) is 14.0. The van der Waals surface area contributed by atoms with Crippen LogP contribution in [0.1, 0.15) is 79.8 Å². The van der Waals surface area contributed by atoms with E-state index in [4.69, 9.17) is 0 Å². The van der Waals surface area contributed by atoms with Crippen LogP contribution in [0.15, 0.2) is 42.7 Å². The van der Waals surface area contributed by atoms with Crippen molar-refractivity contribution in [3.63, 3.8) is 0 Å². The van der Waals surface area contributed by atoms with Gasteiger partial charge in [0.25, 0.3) is 5.91 Å². The largest absolute Gasteiger partial charge is 0.396 e. The van der Waals surface area contributed by atoms with Gasteiger partial charge < -0.3 is 14.9 Å². The Kier molecular flexibility index (Phi) is 10.1. The molecule has 1 aromatic heterocycles. The molecule has 3 heterocycles. The Morgan fingerprint density at radius 2 is 1.76 bits per heavy atom. The van der Waals surface area contributed by atoms with Gasteiger partial charge in [-0.3, -0.25) is 19.5 Å². The molecule has 1 aromatic carbocycles. The number of aliphatic hydroxyl groups is 1. The van der Waals surface area contributed by atoms with E-state index in [9.17, 15) is 14.7 Å². The molecule has 200 valence electrons. The summed E-state index contributed by atoms with van der Waals surface area (Å²) in [5.41, 5.74) is 3.80. The molecule has 4 rings (SSSR count). The standard InChI is InChI=1S/C30H42N4O3/c1-24(36)34-16-6-4-2-3-5-15-32(22-26-8-7-14-31-21-26)23-28-20-27(9-10-29(28)34)30(37)33-17-11-25(12-18-33)13-19-35/h7-10,14,20-21,25,35H,2-6,11-13,15-19,22-23H2,1H3. The van der Waals surface area contributed by atoms with Gasteiger partial charge in [-0.15, -0.1) is 0 Å². The summed E-state index contributed by atoms with van der Waals surface area (Å²) in [4.78, 5) is 36.8. The molecule has 0 atom stereocenters. The van der Waals surface area contributed by atoms with E-state index < -0.39 is 0 Å². The van der Waals surface area contributed by atoms with E-state index >= 15 is 0 Å². The fraction of sp³-hybridized carbons (Fsp3) is 0.567. The van der Waals surface area contributed by atoms with Crippen LogP contribution in [0.25, 0.3) is 0 Å². The van der Waals surface area contributed by atoms with Gasteiger partial charge in [0.05, 0.1) is 0 Å². The highest BCUT2D eigenvalue weighted by atomic mass is 16.3. The molecule has 37 heavy (non-hydrogen) atoms. The zero-order valence-electron chi connectivity index (χ0n) is 22.3. The molecule has 2 aliphatic heterocycles. The molecule has 2 aliphatic rings. The summed E-state index contributed by atoms with van der Waals surface area (Å²) in [7, 11) is 0. The summed E-state index contributed by atoms with van der Waals surface area (Å²) < 4.78 is 0. The van der Waals surface area contributed by atoms with Gasteiger partial charge in [0.1, 0.15) is 0 Å². The highest BCUT2D eigenvalue weighted by Crippen LogP contribution is 2.28. The van der Waals surface area contributed by atoms with Crippen molar-refractivity contribution in [1.82, 2.24) is 14.8 Å². The molecule has 7 nitrogen and oxygen atoms in total. The molecule has 0 spiro atoms. The predicted molar refractivity (Wildman–Crippen MR) is 146 cm³/mol. The lowest BCUT2D eigenvalue weighted by Gasteiger charge is -2.32. The van der Waals surface area contributed by atoms with Gasteiger partial charge in [0.15, 0.2) is 0 Å². The summed E-state index contributed by atoms with van der Waals surface area (Å²) in [6.45, 7) is 6.43. The number of piperidine rings is 1. The fourth-order valence-electron chi connectivity index (χ4n) is 5.69. The second-order valence-corrected chi connectivity index (χ2v) is 10.6. The zero-order chi connectivity index (χ0) is 26.0. The van der Waals surface area contributed by atoms with E-state index in [-0.39, 0.29) is 18.4 Å². The molecule has 2 aromatic rings. The number of hydrogen-bond donors (Lipinski definition) is 1. The fourth-order valence-corrected chi connectivity index (χ4v) is 5.69. The third-order valence-electron chi connectivity index (χ3n) is 7.82. The summed E-state index contributed by atoms with van der Waals surface area (Å²) in [6, 6.07) is 9.98. The summed E-state index contributed by atoms with van der Waals surface area (Å²) in [5.74, 6) is 0.599. The molecule has 2 amide bonds. The Morgan fingerprint density at radius 3 is 2.46 bits per heavy atom. The molecule has 0 aliphatic carbocycles. The summed E-state index contributed by atoms with van der Waals surface area (Å²) >= 11 is 0. The van der Waals surface area contributed by atoms with Crippen LogP contribution in [0.5, 0.6) is 0 Å². The van der Waals surface area contributed by atoms with Gasteiger partial charge in [-0.25, -0.2) is 0 Å². The first kappa shape index (κ1) is 27.3. The Morgan fingerprint density at radius 1 is 1.00 bits per heavy atom. The molecule has 7 heteroatoms. The van der Waals surface area contributed by atoms with Gasteiger partial charge in [-0.1, -0.05) is 25.3 Å². The third-order valence-corrected chi connectivity index (χ3v) is 7.82. The van der Waals surface area contributed by atoms with Crippen LogP contribution < -0.4 is 4.90 Å². The van der Waals surface area contributed by atoms with Crippen molar-refractivity contribution in [3.8, 4) is 0 Å². The topological polar surface area (TPSA) is 77.0 Å². The van der Waals surface area contributed by atoms with Crippen LogP contribution in [-0.2, 0) is 17.9 Å². The van der Waals surface area contributed by atoms with Gasteiger partial charge in [-0.05, 0) is 80.0 Å². The average molecular weight is 507 g/mol. The van der Waals surface area contributed by atoms with E-state index in [1.165, 1.54) is 12.8 Å². The molecule has 1 saturated heterocycles. The lowest BCUT2D eigenvalue weighted by molar-refractivity contribution is -0.116. The number of hydrogen-bond acceptors (Lipinski definition) is 5. The van der Waals surface area contributed by atoms with Crippen LogP contribution in [0.3, 0.4) is 0 Å². The molecule has 0 bridgehead atoms. The number of nitrogens with zero attached hydrogens (tertiary/aromatic N) is 4. The van der Waals surface area contributed by atoms with E-state index in [0.717, 1.165) is 81.5 Å². The number of rotatable bonds is 5. The van der Waals surface area contributed by atoms with Crippen molar-refractivity contribution in [1.29, 1.82) is 0 Å². The number of fused-ring (bicyclic) bond motifs is 1. The lowest BCUT2D eigenvalue weighted by atomic mass is 9.93.